The van der Waals surface area contributed by atoms with Crippen molar-refractivity contribution in [3.63, 3.8) is 0 Å². The Morgan fingerprint density at radius 3 is 2.09 bits per heavy atom. The number of likely N-dealkylation sites (tertiary alicyclic amines) is 1. The van der Waals surface area contributed by atoms with Crippen molar-refractivity contribution in [3.8, 4) is 16.9 Å². The Balaban J connectivity index is 0.00000324. The van der Waals surface area contributed by atoms with Gasteiger partial charge in [-0.1, -0.05) is 24.3 Å². The highest BCUT2D eigenvalue weighted by molar-refractivity contribution is 7.93. The number of ether oxygens (including phenoxy) is 2. The Labute approximate surface area is 206 Å². The fourth-order valence-electron chi connectivity index (χ4n) is 4.45. The van der Waals surface area contributed by atoms with Crippen LogP contribution in [0.3, 0.4) is 0 Å². The number of nitrogens with zero attached hydrogens (tertiary/aromatic N) is 1. The first-order valence-electron chi connectivity index (χ1n) is 11.2. The maximum absolute atomic E-state index is 13.6. The molecule has 0 radical (unpaired) electrons. The fourth-order valence-corrected chi connectivity index (χ4v) is 6.40. The molecule has 1 saturated carbocycles. The van der Waals surface area contributed by atoms with E-state index >= 15 is 0 Å². The summed E-state index contributed by atoms with van der Waals surface area (Å²) >= 11 is 0. The van der Waals surface area contributed by atoms with Crippen LogP contribution < -0.4 is 10.2 Å². The highest BCUT2D eigenvalue weighted by Gasteiger charge is 2.53. The molecule has 0 spiro atoms. The number of carbonyl (C=O) groups is 1. The third kappa shape index (κ3) is 5.23. The number of hydroxylamine groups is 1. The number of nitrogens with one attached hydrogen (secondary N) is 1. The molecule has 1 heterocycles. The average Bonchev–Trinajstić information content (AvgIpc) is 3.70. The van der Waals surface area contributed by atoms with Gasteiger partial charge in [0, 0.05) is 26.2 Å². The monoisotopic (exact) mass is 510 g/mol. The number of piperidine rings is 1. The number of methoxy groups -OCH3 is 1. The van der Waals surface area contributed by atoms with Gasteiger partial charge < -0.3 is 14.4 Å². The van der Waals surface area contributed by atoms with E-state index in [1.165, 1.54) is 12.1 Å². The molecule has 2 aromatic rings. The van der Waals surface area contributed by atoms with Gasteiger partial charge in [-0.25, -0.2) is 13.9 Å². The Kier molecular flexibility index (Phi) is 8.59. The van der Waals surface area contributed by atoms with Crippen LogP contribution in [0.4, 0.5) is 0 Å². The van der Waals surface area contributed by atoms with E-state index in [0.717, 1.165) is 29.7 Å². The average molecular weight is 511 g/mol. The molecular weight excluding hydrogens is 480 g/mol. The Morgan fingerprint density at radius 2 is 1.59 bits per heavy atom. The van der Waals surface area contributed by atoms with E-state index < -0.39 is 20.5 Å². The minimum atomic E-state index is -4.01. The van der Waals surface area contributed by atoms with E-state index in [9.17, 15) is 18.4 Å². The van der Waals surface area contributed by atoms with Gasteiger partial charge in [0.1, 0.15) is 12.4 Å². The number of carbonyl (C=O) groups excluding carboxylic acids is 1. The molecule has 0 aromatic heterocycles. The summed E-state index contributed by atoms with van der Waals surface area (Å²) in [5, 5.41) is 9.34. The van der Waals surface area contributed by atoms with Crippen molar-refractivity contribution in [1.29, 1.82) is 0 Å². The normalized spacial score (nSPS) is 18.1. The number of hydrogen-bond acceptors (Lipinski definition) is 7. The van der Waals surface area contributed by atoms with E-state index in [2.05, 4.69) is 4.90 Å². The molecular formula is C24H31ClN2O6S. The highest BCUT2D eigenvalue weighted by atomic mass is 35.5. The molecule has 0 bridgehead atoms. The Morgan fingerprint density at radius 1 is 1.03 bits per heavy atom. The second-order valence-corrected chi connectivity index (χ2v) is 10.9. The van der Waals surface area contributed by atoms with Gasteiger partial charge in [-0.05, 0) is 61.1 Å². The van der Waals surface area contributed by atoms with E-state index in [-0.39, 0.29) is 30.1 Å². The van der Waals surface area contributed by atoms with Gasteiger partial charge in [0.2, 0.25) is 0 Å². The van der Waals surface area contributed by atoms with Crippen LogP contribution in [0, 0.1) is 0 Å². The molecule has 2 aromatic carbocycles. The Hall–Kier alpha value is -2.17. The smallest absolute Gasteiger partial charge is 0.265 e. The molecule has 4 rings (SSSR count). The lowest BCUT2D eigenvalue weighted by molar-refractivity contribution is -0.133. The van der Waals surface area contributed by atoms with Crippen LogP contribution in [0.2, 0.25) is 0 Å². The molecule has 2 fully saturated rings. The predicted octanol–water partition coefficient (Wildman–Crippen LogP) is 3.08. The second kappa shape index (κ2) is 11.0. The van der Waals surface area contributed by atoms with Crippen LogP contribution in [0.15, 0.2) is 53.4 Å². The van der Waals surface area contributed by atoms with Crippen LogP contribution in [-0.2, 0) is 19.4 Å². The van der Waals surface area contributed by atoms with Gasteiger partial charge in [-0.2, -0.15) is 0 Å². The molecule has 0 unspecified atom stereocenters. The third-order valence-corrected chi connectivity index (χ3v) is 9.12. The van der Waals surface area contributed by atoms with Gasteiger partial charge in [0.05, 0.1) is 11.5 Å². The van der Waals surface area contributed by atoms with Gasteiger partial charge in [0.25, 0.3) is 5.91 Å². The first-order chi connectivity index (χ1) is 15.9. The van der Waals surface area contributed by atoms with Crippen molar-refractivity contribution in [2.45, 2.75) is 41.4 Å². The summed E-state index contributed by atoms with van der Waals surface area (Å²) in [5.74, 6) is -0.129. The lowest BCUT2D eigenvalue weighted by Gasteiger charge is -2.39. The molecule has 1 saturated heterocycles. The van der Waals surface area contributed by atoms with E-state index in [1.54, 1.807) is 24.7 Å². The second-order valence-electron chi connectivity index (χ2n) is 8.60. The number of benzene rings is 2. The van der Waals surface area contributed by atoms with Gasteiger partial charge in [-0.3, -0.25) is 10.0 Å². The number of halogens is 1. The van der Waals surface area contributed by atoms with Crippen molar-refractivity contribution >= 4 is 28.2 Å². The molecule has 34 heavy (non-hydrogen) atoms. The maximum Gasteiger partial charge on any atom is 0.265 e. The summed E-state index contributed by atoms with van der Waals surface area (Å²) in [6.07, 6.45) is 2.55. The van der Waals surface area contributed by atoms with Crippen molar-refractivity contribution < 1.29 is 27.9 Å². The third-order valence-electron chi connectivity index (χ3n) is 6.61. The zero-order chi connectivity index (χ0) is 23.5. The van der Waals surface area contributed by atoms with Crippen LogP contribution in [0.25, 0.3) is 11.1 Å². The number of sulfone groups is 1. The van der Waals surface area contributed by atoms with Crippen molar-refractivity contribution in [1.82, 2.24) is 10.4 Å². The van der Waals surface area contributed by atoms with Crippen LogP contribution >= 0.6 is 12.4 Å². The molecule has 1 aliphatic heterocycles. The summed E-state index contributed by atoms with van der Waals surface area (Å²) in [6.45, 7) is 2.01. The summed E-state index contributed by atoms with van der Waals surface area (Å²) < 4.78 is 36.1. The van der Waals surface area contributed by atoms with Gasteiger partial charge in [-0.15, -0.1) is 12.4 Å². The van der Waals surface area contributed by atoms with E-state index in [1.807, 2.05) is 24.3 Å². The molecule has 10 heteroatoms. The van der Waals surface area contributed by atoms with Gasteiger partial charge >= 0.3 is 0 Å². The number of amides is 1. The molecule has 1 aliphatic carbocycles. The van der Waals surface area contributed by atoms with E-state index in [0.29, 0.717) is 32.3 Å². The van der Waals surface area contributed by atoms with E-state index in [4.69, 9.17) is 9.47 Å². The standard InChI is InChI=1S/C24H30N2O6S.ClH/c1-31-16-17-32-21-8-2-18(3-9-21)19-4-10-22(11-5-19)33(29,30)24(23(27)25-28)12-14-26(15-13-24)20-6-7-20;/h2-5,8-11,20,28H,6-7,12-17H2,1H3,(H,25,27);1H. The number of rotatable bonds is 9. The summed E-state index contributed by atoms with van der Waals surface area (Å²) in [4.78, 5) is 15.0. The highest BCUT2D eigenvalue weighted by Crippen LogP contribution is 2.39. The molecule has 2 N–H and O–H groups in total. The summed E-state index contributed by atoms with van der Waals surface area (Å²) in [7, 11) is -2.40. The largest absolute Gasteiger partial charge is 0.491 e. The summed E-state index contributed by atoms with van der Waals surface area (Å²) in [6, 6.07) is 14.5. The molecule has 0 atom stereocenters. The topological polar surface area (TPSA) is 105 Å². The maximum atomic E-state index is 13.6. The SMILES string of the molecule is COCCOc1ccc(-c2ccc(S(=O)(=O)C3(C(=O)NO)CCN(C4CC4)CC3)cc2)cc1.Cl. The quantitative estimate of drug-likeness (QED) is 0.303. The summed E-state index contributed by atoms with van der Waals surface area (Å²) in [5.41, 5.74) is 3.38. The van der Waals surface area contributed by atoms with Crippen molar-refractivity contribution in [2.24, 2.45) is 0 Å². The zero-order valence-corrected chi connectivity index (χ0v) is 20.7. The first-order valence-corrected chi connectivity index (χ1v) is 12.6. The number of hydrogen-bond donors (Lipinski definition) is 2. The lowest BCUT2D eigenvalue weighted by Crippen LogP contribution is -2.58. The van der Waals surface area contributed by atoms with Crippen LogP contribution in [-0.4, -0.2) is 68.6 Å². The van der Waals surface area contributed by atoms with Crippen LogP contribution in [0.5, 0.6) is 5.75 Å². The molecule has 186 valence electrons. The molecule has 1 amide bonds. The molecule has 2 aliphatic rings. The minimum Gasteiger partial charge on any atom is -0.491 e. The molecule has 8 nitrogen and oxygen atoms in total. The van der Waals surface area contributed by atoms with Crippen molar-refractivity contribution in [3.05, 3.63) is 48.5 Å². The zero-order valence-electron chi connectivity index (χ0n) is 19.1. The first kappa shape index (κ1) is 26.4. The van der Waals surface area contributed by atoms with Crippen molar-refractivity contribution in [2.75, 3.05) is 33.4 Å². The minimum absolute atomic E-state index is 0. The van der Waals surface area contributed by atoms with Crippen LogP contribution in [0.1, 0.15) is 25.7 Å². The lowest BCUT2D eigenvalue weighted by atomic mass is 9.94. The van der Waals surface area contributed by atoms with Gasteiger partial charge in [0.15, 0.2) is 14.6 Å². The predicted molar refractivity (Wildman–Crippen MR) is 130 cm³/mol. The Bertz CT molecular complexity index is 1060. The fraction of sp³-hybridized carbons (Fsp3) is 0.458.